The standard InChI is InChI=1S/C34H33F5N4O5S/c1-46-25-9-6-22(30(17-25)47-2)20-43(33-40-12-3-13-41-33)49(44,45)32-19-31-26(18-27(32)36)28(11-15-48-31)42-14-10-23(34(37,38)39)16-29(42)21-4-7-24(35)8-5-21/h3-9,12-13,17-19,23,28-29H,10-11,14-16,20H2,1-2H3/t23-,28+,29+/m0/s1. The van der Waals surface area contributed by atoms with Crippen molar-refractivity contribution in [3.05, 3.63) is 101 Å². The molecule has 260 valence electrons. The molecular formula is C34H33F5N4O5S. The number of benzene rings is 3. The first-order chi connectivity index (χ1) is 23.4. The SMILES string of the molecule is COc1ccc(CN(c2ncccn2)S(=O)(=O)c2cc3c(cc2F)[C@H](N2CC[C@H](C(F)(F)F)C[C@@H]2c2ccc(F)cc2)CCO3)c(OC)c1. The molecule has 1 fully saturated rings. The van der Waals surface area contributed by atoms with Crippen LogP contribution in [-0.2, 0) is 16.6 Å². The number of sulfonamides is 1. The van der Waals surface area contributed by atoms with Crippen molar-refractivity contribution in [1.82, 2.24) is 14.9 Å². The van der Waals surface area contributed by atoms with Gasteiger partial charge in [-0.15, -0.1) is 0 Å². The molecule has 1 saturated heterocycles. The van der Waals surface area contributed by atoms with Crippen LogP contribution in [0, 0.1) is 17.6 Å². The molecule has 3 aromatic carbocycles. The molecule has 49 heavy (non-hydrogen) atoms. The molecule has 0 radical (unpaired) electrons. The zero-order valence-electron chi connectivity index (χ0n) is 26.5. The van der Waals surface area contributed by atoms with Gasteiger partial charge in [-0.05, 0) is 61.3 Å². The van der Waals surface area contributed by atoms with E-state index in [-0.39, 0.29) is 44.2 Å². The van der Waals surface area contributed by atoms with Crippen LogP contribution in [0.4, 0.5) is 27.9 Å². The highest BCUT2D eigenvalue weighted by atomic mass is 32.2. The van der Waals surface area contributed by atoms with Gasteiger partial charge < -0.3 is 14.2 Å². The van der Waals surface area contributed by atoms with Gasteiger partial charge in [0.25, 0.3) is 10.0 Å². The minimum Gasteiger partial charge on any atom is -0.497 e. The minimum absolute atomic E-state index is 0.0286. The van der Waals surface area contributed by atoms with Crippen molar-refractivity contribution in [3.8, 4) is 17.2 Å². The number of nitrogens with zero attached hydrogens (tertiary/aromatic N) is 4. The van der Waals surface area contributed by atoms with Gasteiger partial charge >= 0.3 is 6.18 Å². The van der Waals surface area contributed by atoms with Crippen molar-refractivity contribution in [1.29, 1.82) is 0 Å². The smallest absolute Gasteiger partial charge is 0.391 e. The molecule has 3 atom stereocenters. The lowest BCUT2D eigenvalue weighted by atomic mass is 9.84. The van der Waals surface area contributed by atoms with Crippen molar-refractivity contribution >= 4 is 16.0 Å². The van der Waals surface area contributed by atoms with Crippen LogP contribution in [0.2, 0.25) is 0 Å². The Morgan fingerprint density at radius 1 is 0.959 bits per heavy atom. The maximum absolute atomic E-state index is 16.2. The molecule has 3 heterocycles. The van der Waals surface area contributed by atoms with Crippen LogP contribution >= 0.6 is 0 Å². The highest BCUT2D eigenvalue weighted by Gasteiger charge is 2.47. The number of hydrogen-bond acceptors (Lipinski definition) is 8. The molecule has 0 aliphatic carbocycles. The van der Waals surface area contributed by atoms with E-state index in [1.807, 2.05) is 4.90 Å². The summed E-state index contributed by atoms with van der Waals surface area (Å²) in [6, 6.07) is 12.4. The minimum atomic E-state index is -4.69. The monoisotopic (exact) mass is 704 g/mol. The number of rotatable bonds is 9. The molecule has 2 aliphatic rings. The van der Waals surface area contributed by atoms with Gasteiger partial charge in [0, 0.05) is 54.2 Å². The van der Waals surface area contributed by atoms with Gasteiger partial charge in [0.15, 0.2) is 0 Å². The van der Waals surface area contributed by atoms with Crippen LogP contribution in [0.15, 0.2) is 78.0 Å². The Balaban J connectivity index is 1.38. The summed E-state index contributed by atoms with van der Waals surface area (Å²) < 4.78 is 118. The molecule has 0 spiro atoms. The first-order valence-corrected chi connectivity index (χ1v) is 16.9. The normalized spacial score (nSPS) is 19.9. The first-order valence-electron chi connectivity index (χ1n) is 15.5. The summed E-state index contributed by atoms with van der Waals surface area (Å²) in [7, 11) is -1.80. The molecule has 2 aliphatic heterocycles. The molecule has 0 bridgehead atoms. The largest absolute Gasteiger partial charge is 0.497 e. The third kappa shape index (κ3) is 6.99. The highest BCUT2D eigenvalue weighted by Crippen LogP contribution is 2.49. The van der Waals surface area contributed by atoms with Crippen molar-refractivity contribution in [2.24, 2.45) is 5.92 Å². The molecular weight excluding hydrogens is 671 g/mol. The van der Waals surface area contributed by atoms with E-state index in [9.17, 15) is 26.0 Å². The number of alkyl halides is 3. The predicted molar refractivity (Wildman–Crippen MR) is 169 cm³/mol. The number of hydrogen-bond donors (Lipinski definition) is 0. The second-order valence-electron chi connectivity index (χ2n) is 11.8. The van der Waals surface area contributed by atoms with Gasteiger partial charge in [0.05, 0.1) is 33.3 Å². The van der Waals surface area contributed by atoms with E-state index < -0.39 is 50.7 Å². The van der Waals surface area contributed by atoms with E-state index >= 15 is 4.39 Å². The van der Waals surface area contributed by atoms with Crippen LogP contribution in [0.3, 0.4) is 0 Å². The Labute approximate surface area is 280 Å². The number of ether oxygens (including phenoxy) is 3. The van der Waals surface area contributed by atoms with Crippen molar-refractivity contribution < 1.29 is 44.6 Å². The van der Waals surface area contributed by atoms with Gasteiger partial charge in [-0.3, -0.25) is 4.90 Å². The number of halogens is 5. The van der Waals surface area contributed by atoms with Gasteiger partial charge in [0.1, 0.15) is 33.8 Å². The zero-order valence-corrected chi connectivity index (χ0v) is 27.3. The predicted octanol–water partition coefficient (Wildman–Crippen LogP) is 7.01. The summed E-state index contributed by atoms with van der Waals surface area (Å²) in [6.45, 7) is -0.194. The topological polar surface area (TPSA) is 94.1 Å². The van der Waals surface area contributed by atoms with Crippen LogP contribution in [0.5, 0.6) is 17.2 Å². The van der Waals surface area contributed by atoms with Crippen molar-refractivity contribution in [3.63, 3.8) is 0 Å². The maximum Gasteiger partial charge on any atom is 0.391 e. The summed E-state index contributed by atoms with van der Waals surface area (Å²) >= 11 is 0. The number of fused-ring (bicyclic) bond motifs is 1. The molecule has 1 aromatic heterocycles. The molecule has 6 rings (SSSR count). The molecule has 4 aromatic rings. The van der Waals surface area contributed by atoms with E-state index in [0.717, 1.165) is 16.4 Å². The number of anilines is 1. The number of methoxy groups -OCH3 is 2. The Bertz CT molecular complexity index is 1900. The fraction of sp³-hybridized carbons (Fsp3) is 0.353. The van der Waals surface area contributed by atoms with Crippen molar-refractivity contribution in [2.45, 2.75) is 49.0 Å². The molecule has 0 saturated carbocycles. The maximum atomic E-state index is 16.2. The molecule has 15 heteroatoms. The van der Waals surface area contributed by atoms with E-state index in [4.69, 9.17) is 14.2 Å². The Morgan fingerprint density at radius 2 is 1.69 bits per heavy atom. The van der Waals surface area contributed by atoms with Gasteiger partial charge in [-0.2, -0.15) is 13.2 Å². The molecule has 0 unspecified atom stereocenters. The van der Waals surface area contributed by atoms with E-state index in [1.165, 1.54) is 56.9 Å². The van der Waals surface area contributed by atoms with Gasteiger partial charge in [-0.1, -0.05) is 12.1 Å². The number of piperidine rings is 1. The summed E-state index contributed by atoms with van der Waals surface area (Å²) in [5.41, 5.74) is 1.22. The fourth-order valence-electron chi connectivity index (χ4n) is 6.52. The summed E-state index contributed by atoms with van der Waals surface area (Å²) in [4.78, 5) is 9.39. The first kappa shape index (κ1) is 34.4. The fourth-order valence-corrected chi connectivity index (χ4v) is 7.94. The number of aromatic nitrogens is 2. The summed E-state index contributed by atoms with van der Waals surface area (Å²) in [5.74, 6) is -2.52. The second-order valence-corrected chi connectivity index (χ2v) is 13.6. The lowest BCUT2D eigenvalue weighted by Crippen LogP contribution is -2.44. The number of likely N-dealkylation sites (tertiary alicyclic amines) is 1. The third-order valence-electron chi connectivity index (χ3n) is 8.99. The van der Waals surface area contributed by atoms with E-state index in [1.54, 1.807) is 18.2 Å². The van der Waals surface area contributed by atoms with Crippen LogP contribution < -0.4 is 18.5 Å². The molecule has 9 nitrogen and oxygen atoms in total. The molecule has 0 N–H and O–H groups in total. The quantitative estimate of drug-likeness (QED) is 0.172. The average Bonchev–Trinajstić information content (AvgIpc) is 3.10. The van der Waals surface area contributed by atoms with Crippen molar-refractivity contribution in [2.75, 3.05) is 31.7 Å². The zero-order chi connectivity index (χ0) is 34.9. The lowest BCUT2D eigenvalue weighted by Gasteiger charge is -2.46. The van der Waals surface area contributed by atoms with Gasteiger partial charge in [-0.25, -0.2) is 31.5 Å². The van der Waals surface area contributed by atoms with E-state index in [2.05, 4.69) is 9.97 Å². The average molecular weight is 705 g/mol. The third-order valence-corrected chi connectivity index (χ3v) is 10.7. The Kier molecular flexibility index (Phi) is 9.67. The lowest BCUT2D eigenvalue weighted by molar-refractivity contribution is -0.192. The van der Waals surface area contributed by atoms with Crippen LogP contribution in [-0.4, -0.2) is 56.8 Å². The van der Waals surface area contributed by atoms with Crippen LogP contribution in [0.1, 0.15) is 48.0 Å². The summed E-state index contributed by atoms with van der Waals surface area (Å²) in [6.07, 6.45) is -1.84. The van der Waals surface area contributed by atoms with E-state index in [0.29, 0.717) is 34.6 Å². The summed E-state index contributed by atoms with van der Waals surface area (Å²) in [5, 5.41) is 0. The Morgan fingerprint density at radius 3 is 2.37 bits per heavy atom. The van der Waals surface area contributed by atoms with Gasteiger partial charge in [0.2, 0.25) is 5.95 Å². The second kappa shape index (κ2) is 13.8. The molecule has 0 amide bonds. The Hall–Kier alpha value is -4.50. The van der Waals surface area contributed by atoms with Crippen LogP contribution in [0.25, 0.3) is 0 Å². The highest BCUT2D eigenvalue weighted by molar-refractivity contribution is 7.92.